The molecule has 1 heterocycles. The summed E-state index contributed by atoms with van der Waals surface area (Å²) in [6.45, 7) is 2.05. The number of benzene rings is 1. The maximum absolute atomic E-state index is 11.5. The number of hydrogen-bond acceptors (Lipinski definition) is 5. The van der Waals surface area contributed by atoms with E-state index in [1.54, 1.807) is 25.1 Å². The minimum atomic E-state index is -0.676. The van der Waals surface area contributed by atoms with Crippen LogP contribution in [-0.4, -0.2) is 28.4 Å². The van der Waals surface area contributed by atoms with Crippen LogP contribution in [0.3, 0.4) is 0 Å². The number of nitrogens with zero attached hydrogens (tertiary/aromatic N) is 1. The van der Waals surface area contributed by atoms with Crippen LogP contribution >= 0.6 is 0 Å². The molecule has 0 radical (unpaired) electrons. The molecule has 0 unspecified atom stereocenters. The maximum atomic E-state index is 11.5. The summed E-state index contributed by atoms with van der Waals surface area (Å²) < 4.78 is 6.07. The number of rotatable bonds is 4. The molecule has 0 saturated carbocycles. The van der Waals surface area contributed by atoms with Crippen molar-refractivity contribution in [2.24, 2.45) is 5.73 Å². The summed E-state index contributed by atoms with van der Waals surface area (Å²) in [6, 6.07) is 4.41. The van der Waals surface area contributed by atoms with Gasteiger partial charge in [-0.05, 0) is 18.6 Å². The van der Waals surface area contributed by atoms with Crippen molar-refractivity contribution in [2.75, 3.05) is 12.1 Å². The highest BCUT2D eigenvalue weighted by atomic mass is 16.5. The van der Waals surface area contributed by atoms with Crippen LogP contribution in [-0.2, 0) is 16.0 Å². The van der Waals surface area contributed by atoms with Crippen LogP contribution < -0.4 is 11.2 Å². The van der Waals surface area contributed by atoms with Gasteiger partial charge in [0.25, 0.3) is 0 Å². The third-order valence-electron chi connectivity index (χ3n) is 2.88. The zero-order valence-electron chi connectivity index (χ0n) is 10.9. The molecule has 1 aromatic carbocycles. The minimum Gasteiger partial charge on any atom is -0.466 e. The Hall–Kier alpha value is -2.54. The van der Waals surface area contributed by atoms with E-state index in [0.717, 1.165) is 0 Å². The summed E-state index contributed by atoms with van der Waals surface area (Å²) in [5.41, 5.74) is 8.84. The van der Waals surface area contributed by atoms with E-state index >= 15 is 0 Å². The van der Waals surface area contributed by atoms with Gasteiger partial charge in [0, 0.05) is 11.6 Å². The predicted molar refractivity (Wildman–Crippen MR) is 72.7 cm³/mol. The highest BCUT2D eigenvalue weighted by molar-refractivity contribution is 5.99. The molecular formula is C13H15N3O4. The molecule has 2 aromatic rings. The highest BCUT2D eigenvalue weighted by Gasteiger charge is 2.13. The monoisotopic (exact) mass is 277 g/mol. The van der Waals surface area contributed by atoms with E-state index in [1.807, 2.05) is 5.48 Å². The summed E-state index contributed by atoms with van der Waals surface area (Å²) in [4.78, 5) is 22.8. The van der Waals surface area contributed by atoms with Crippen molar-refractivity contribution in [1.82, 2.24) is 4.57 Å². The molecule has 0 aliphatic carbocycles. The number of nitrogens with one attached hydrogen (secondary N) is 1. The zero-order valence-corrected chi connectivity index (χ0v) is 10.9. The largest absolute Gasteiger partial charge is 0.466 e. The number of carbonyl (C=O) groups is 2. The Morgan fingerprint density at radius 2 is 2.20 bits per heavy atom. The molecule has 0 fully saturated rings. The topological polar surface area (TPSA) is 107 Å². The molecule has 0 saturated heterocycles. The molecule has 0 aliphatic heterocycles. The number of esters is 1. The molecule has 2 rings (SSSR count). The van der Waals surface area contributed by atoms with Gasteiger partial charge in [-0.3, -0.25) is 20.0 Å². The number of ether oxygens (including phenoxy) is 1. The van der Waals surface area contributed by atoms with Crippen LogP contribution in [0.4, 0.5) is 10.5 Å². The van der Waals surface area contributed by atoms with Gasteiger partial charge in [-0.25, -0.2) is 4.79 Å². The van der Waals surface area contributed by atoms with Gasteiger partial charge in [0.1, 0.15) is 0 Å². The third kappa shape index (κ3) is 2.57. The van der Waals surface area contributed by atoms with E-state index in [9.17, 15) is 9.59 Å². The molecule has 0 bridgehead atoms. The molecule has 20 heavy (non-hydrogen) atoms. The lowest BCUT2D eigenvalue weighted by atomic mass is 10.1. The van der Waals surface area contributed by atoms with Crippen LogP contribution in [0.15, 0.2) is 24.4 Å². The van der Waals surface area contributed by atoms with Crippen LogP contribution in [0.5, 0.6) is 0 Å². The van der Waals surface area contributed by atoms with Crippen LogP contribution in [0.1, 0.15) is 12.5 Å². The fourth-order valence-corrected chi connectivity index (χ4v) is 2.03. The van der Waals surface area contributed by atoms with E-state index in [0.29, 0.717) is 28.8 Å². The second-order valence-electron chi connectivity index (χ2n) is 4.20. The fraction of sp³-hybridized carbons (Fsp3) is 0.231. The van der Waals surface area contributed by atoms with Crippen molar-refractivity contribution in [2.45, 2.75) is 13.3 Å². The molecule has 106 valence electrons. The van der Waals surface area contributed by atoms with Crippen molar-refractivity contribution in [3.05, 3.63) is 30.0 Å². The molecule has 1 amide bonds. The van der Waals surface area contributed by atoms with Gasteiger partial charge in [0.2, 0.25) is 0 Å². The Morgan fingerprint density at radius 1 is 1.45 bits per heavy atom. The van der Waals surface area contributed by atoms with Crippen molar-refractivity contribution < 1.29 is 19.5 Å². The van der Waals surface area contributed by atoms with Crippen molar-refractivity contribution in [3.63, 3.8) is 0 Å². The Morgan fingerprint density at radius 3 is 2.80 bits per heavy atom. The first-order valence-corrected chi connectivity index (χ1v) is 6.06. The van der Waals surface area contributed by atoms with Gasteiger partial charge in [0.05, 0.1) is 24.2 Å². The lowest BCUT2D eigenvalue weighted by Gasteiger charge is -2.04. The zero-order chi connectivity index (χ0) is 14.7. The molecule has 1 aromatic heterocycles. The third-order valence-corrected chi connectivity index (χ3v) is 2.88. The number of amides is 1. The Labute approximate surface area is 114 Å². The first-order chi connectivity index (χ1) is 9.56. The molecule has 7 nitrogen and oxygen atoms in total. The summed E-state index contributed by atoms with van der Waals surface area (Å²) in [7, 11) is 0. The Bertz CT molecular complexity index is 663. The van der Waals surface area contributed by atoms with Crippen molar-refractivity contribution in [1.29, 1.82) is 0 Å². The lowest BCUT2D eigenvalue weighted by molar-refractivity contribution is -0.142. The average Bonchev–Trinajstić information content (AvgIpc) is 2.77. The van der Waals surface area contributed by atoms with E-state index in [-0.39, 0.29) is 12.4 Å². The smallest absolute Gasteiger partial charge is 0.323 e. The van der Waals surface area contributed by atoms with E-state index in [2.05, 4.69) is 0 Å². The minimum absolute atomic E-state index is 0.107. The number of carbonyl (C=O) groups excluding carboxylic acids is 2. The van der Waals surface area contributed by atoms with E-state index < -0.39 is 6.03 Å². The number of fused-ring (bicyclic) bond motifs is 1. The average molecular weight is 277 g/mol. The summed E-state index contributed by atoms with van der Waals surface area (Å²) >= 11 is 0. The molecule has 4 N–H and O–H groups in total. The van der Waals surface area contributed by atoms with Gasteiger partial charge in [-0.2, -0.15) is 0 Å². The predicted octanol–water partition coefficient (Wildman–Crippen LogP) is 1.47. The number of aromatic nitrogens is 1. The molecule has 0 spiro atoms. The molecule has 7 heteroatoms. The number of primary amides is 1. The van der Waals surface area contributed by atoms with Gasteiger partial charge in [-0.15, -0.1) is 0 Å². The second-order valence-corrected chi connectivity index (χ2v) is 4.20. The first-order valence-electron chi connectivity index (χ1n) is 6.06. The van der Waals surface area contributed by atoms with Crippen molar-refractivity contribution >= 4 is 28.6 Å². The molecule has 0 aliphatic rings. The second kappa shape index (κ2) is 5.62. The SMILES string of the molecule is CCOC(=O)Cc1ccc2c(NO)cn(C(N)=O)c2c1. The summed E-state index contributed by atoms with van der Waals surface area (Å²) in [6.07, 6.45) is 1.50. The Kier molecular flexibility index (Phi) is 3.90. The van der Waals surface area contributed by atoms with Gasteiger partial charge in [0.15, 0.2) is 0 Å². The number of anilines is 1. The van der Waals surface area contributed by atoms with Crippen LogP contribution in [0, 0.1) is 0 Å². The molecular weight excluding hydrogens is 262 g/mol. The highest BCUT2D eigenvalue weighted by Crippen LogP contribution is 2.26. The van der Waals surface area contributed by atoms with Gasteiger partial charge >= 0.3 is 12.0 Å². The van der Waals surface area contributed by atoms with E-state index in [4.69, 9.17) is 15.7 Å². The van der Waals surface area contributed by atoms with Gasteiger partial charge < -0.3 is 10.5 Å². The number of nitrogens with two attached hydrogens (primary N) is 1. The fourth-order valence-electron chi connectivity index (χ4n) is 2.03. The van der Waals surface area contributed by atoms with E-state index in [1.165, 1.54) is 10.8 Å². The van der Waals surface area contributed by atoms with Crippen LogP contribution in [0.2, 0.25) is 0 Å². The lowest BCUT2D eigenvalue weighted by Crippen LogP contribution is -2.18. The number of hydrogen-bond donors (Lipinski definition) is 3. The van der Waals surface area contributed by atoms with Gasteiger partial charge in [-0.1, -0.05) is 12.1 Å². The maximum Gasteiger partial charge on any atom is 0.323 e. The standard InChI is InChI=1S/C13H15N3O4/c1-2-20-12(17)6-8-3-4-9-10(15-19)7-16(13(14)18)11(9)5-8/h3-5,7,15,19H,2,6H2,1H3,(H2,14,18). The summed E-state index contributed by atoms with van der Waals surface area (Å²) in [5.74, 6) is -0.343. The first kappa shape index (κ1) is 13.9. The quantitative estimate of drug-likeness (QED) is 0.579. The normalized spacial score (nSPS) is 10.5. The Balaban J connectivity index is 2.44. The van der Waals surface area contributed by atoms with Crippen molar-refractivity contribution in [3.8, 4) is 0 Å². The summed E-state index contributed by atoms with van der Waals surface area (Å²) in [5, 5.41) is 9.65. The molecule has 0 atom stereocenters. The van der Waals surface area contributed by atoms with Crippen LogP contribution in [0.25, 0.3) is 10.9 Å².